The molecule has 0 amide bonds. The van der Waals surface area contributed by atoms with Crippen molar-refractivity contribution in [3.63, 3.8) is 0 Å². The standard InChI is InChI=1S/C25H37NO3/c1-15-9-8-10-20-24(15,5)12-11-16(2)25(20,6)14-17-21(27)19(28-7)13-18-22(17)29-23(3,4)26-18/h13,16,18,20,26H,1,8-12,14H2,2-7H3. The maximum absolute atomic E-state index is 13.4. The number of carbonyl (C=O) groups excluding carboxylic acids is 1. The molecule has 5 unspecified atom stereocenters. The lowest BCUT2D eigenvalue weighted by molar-refractivity contribution is -0.117. The summed E-state index contributed by atoms with van der Waals surface area (Å²) in [5.41, 5.74) is 1.94. The summed E-state index contributed by atoms with van der Waals surface area (Å²) in [7, 11) is 1.58. The molecule has 160 valence electrons. The van der Waals surface area contributed by atoms with Crippen molar-refractivity contribution >= 4 is 5.78 Å². The molecule has 2 saturated carbocycles. The van der Waals surface area contributed by atoms with Gasteiger partial charge in [0.25, 0.3) is 0 Å². The van der Waals surface area contributed by atoms with Gasteiger partial charge in [-0.15, -0.1) is 0 Å². The Morgan fingerprint density at radius 2 is 2.00 bits per heavy atom. The van der Waals surface area contributed by atoms with Gasteiger partial charge in [0.05, 0.1) is 13.2 Å². The van der Waals surface area contributed by atoms with Crippen LogP contribution in [0.5, 0.6) is 0 Å². The van der Waals surface area contributed by atoms with Gasteiger partial charge in [0, 0.05) is 5.57 Å². The maximum Gasteiger partial charge on any atom is 0.226 e. The van der Waals surface area contributed by atoms with E-state index in [9.17, 15) is 4.79 Å². The highest BCUT2D eigenvalue weighted by molar-refractivity contribution is 6.08. The van der Waals surface area contributed by atoms with Crippen LogP contribution in [0.15, 0.2) is 35.3 Å². The van der Waals surface area contributed by atoms with Gasteiger partial charge in [-0.3, -0.25) is 10.1 Å². The molecule has 0 radical (unpaired) electrons. The normalized spacial score (nSPS) is 41.4. The average molecular weight is 400 g/mol. The van der Waals surface area contributed by atoms with Crippen LogP contribution < -0.4 is 5.32 Å². The first-order valence-electron chi connectivity index (χ1n) is 11.2. The van der Waals surface area contributed by atoms with Crippen molar-refractivity contribution in [2.45, 2.75) is 84.9 Å². The van der Waals surface area contributed by atoms with Gasteiger partial charge in [-0.2, -0.15) is 0 Å². The Morgan fingerprint density at radius 3 is 2.69 bits per heavy atom. The van der Waals surface area contributed by atoms with Gasteiger partial charge in [0.2, 0.25) is 5.78 Å². The number of fused-ring (bicyclic) bond motifs is 2. The van der Waals surface area contributed by atoms with Gasteiger partial charge >= 0.3 is 0 Å². The lowest BCUT2D eigenvalue weighted by Gasteiger charge is -2.59. The first-order valence-corrected chi connectivity index (χ1v) is 11.2. The van der Waals surface area contributed by atoms with Gasteiger partial charge in [0.15, 0.2) is 11.5 Å². The molecule has 0 bridgehead atoms. The minimum atomic E-state index is -0.488. The third-order valence-electron chi connectivity index (χ3n) is 8.61. The van der Waals surface area contributed by atoms with Gasteiger partial charge in [-0.25, -0.2) is 0 Å². The zero-order chi connectivity index (χ0) is 21.2. The number of hydrogen-bond donors (Lipinski definition) is 1. The number of hydrogen-bond acceptors (Lipinski definition) is 4. The maximum atomic E-state index is 13.4. The van der Waals surface area contributed by atoms with Gasteiger partial charge in [-0.1, -0.05) is 32.9 Å². The molecular formula is C25H37NO3. The number of carbonyl (C=O) groups is 1. The predicted octanol–water partition coefficient (Wildman–Crippen LogP) is 5.27. The summed E-state index contributed by atoms with van der Waals surface area (Å²) in [6.45, 7) is 15.7. The molecule has 0 aromatic carbocycles. The summed E-state index contributed by atoms with van der Waals surface area (Å²) in [6, 6.07) is -0.0946. The van der Waals surface area contributed by atoms with E-state index in [1.54, 1.807) is 7.11 Å². The zero-order valence-corrected chi connectivity index (χ0v) is 19.0. The summed E-state index contributed by atoms with van der Waals surface area (Å²) in [5.74, 6) is 2.32. The average Bonchev–Trinajstić information content (AvgIpc) is 2.97. The molecule has 1 heterocycles. The van der Waals surface area contributed by atoms with E-state index in [0.29, 0.717) is 17.6 Å². The molecule has 0 spiro atoms. The Hall–Kier alpha value is -1.55. The van der Waals surface area contributed by atoms with Crippen molar-refractivity contribution < 1.29 is 14.3 Å². The Kier molecular flexibility index (Phi) is 4.81. The second-order valence-electron chi connectivity index (χ2n) is 10.7. The number of nitrogens with one attached hydrogen (secondary N) is 1. The van der Waals surface area contributed by atoms with Gasteiger partial charge in [-0.05, 0) is 81.1 Å². The number of methoxy groups -OCH3 is 1. The van der Waals surface area contributed by atoms with Crippen LogP contribution in [0.1, 0.15) is 73.1 Å². The second kappa shape index (κ2) is 6.73. The minimum Gasteiger partial charge on any atom is -0.493 e. The molecule has 5 atom stereocenters. The van der Waals surface area contributed by atoms with E-state index in [1.165, 1.54) is 31.3 Å². The number of rotatable bonds is 3. The molecule has 3 aliphatic carbocycles. The summed E-state index contributed by atoms with van der Waals surface area (Å²) in [5, 5.41) is 3.48. The van der Waals surface area contributed by atoms with E-state index in [4.69, 9.17) is 9.47 Å². The highest BCUT2D eigenvalue weighted by Gasteiger charge is 2.55. The largest absolute Gasteiger partial charge is 0.493 e. The number of Topliss-reactive ketones (excluding diaryl/α,β-unsaturated/α-hetero) is 1. The van der Waals surface area contributed by atoms with Crippen molar-refractivity contribution in [1.29, 1.82) is 0 Å². The molecule has 3 fully saturated rings. The second-order valence-corrected chi connectivity index (χ2v) is 10.7. The van der Waals surface area contributed by atoms with Crippen molar-refractivity contribution in [2.24, 2.45) is 22.7 Å². The smallest absolute Gasteiger partial charge is 0.226 e. The topological polar surface area (TPSA) is 47.6 Å². The van der Waals surface area contributed by atoms with Crippen molar-refractivity contribution in [3.8, 4) is 0 Å². The first kappa shape index (κ1) is 20.7. The molecule has 0 aromatic heterocycles. The summed E-state index contributed by atoms with van der Waals surface area (Å²) in [4.78, 5) is 13.4. The number of allylic oxidation sites excluding steroid dienone is 2. The van der Waals surface area contributed by atoms with E-state index >= 15 is 0 Å². The highest BCUT2D eigenvalue weighted by atomic mass is 16.5. The third-order valence-corrected chi connectivity index (χ3v) is 8.61. The van der Waals surface area contributed by atoms with E-state index in [0.717, 1.165) is 24.2 Å². The monoisotopic (exact) mass is 399 g/mol. The lowest BCUT2D eigenvalue weighted by Crippen LogP contribution is -2.51. The van der Waals surface area contributed by atoms with E-state index in [2.05, 4.69) is 32.7 Å². The van der Waals surface area contributed by atoms with Crippen molar-refractivity contribution in [3.05, 3.63) is 35.3 Å². The number of ether oxygens (including phenoxy) is 2. The Morgan fingerprint density at radius 1 is 1.28 bits per heavy atom. The van der Waals surface area contributed by atoms with Crippen molar-refractivity contribution in [2.75, 3.05) is 7.11 Å². The Balaban J connectivity index is 1.76. The summed E-state index contributed by atoms with van der Waals surface area (Å²) in [6.07, 6.45) is 8.57. The molecule has 4 nitrogen and oxygen atoms in total. The third kappa shape index (κ3) is 3.10. The predicted molar refractivity (Wildman–Crippen MR) is 115 cm³/mol. The fourth-order valence-corrected chi connectivity index (χ4v) is 6.64. The quantitative estimate of drug-likeness (QED) is 0.657. The van der Waals surface area contributed by atoms with Gasteiger partial charge < -0.3 is 9.47 Å². The molecule has 29 heavy (non-hydrogen) atoms. The van der Waals surface area contributed by atoms with Crippen LogP contribution in [-0.4, -0.2) is 24.7 Å². The first-order chi connectivity index (χ1) is 13.5. The van der Waals surface area contributed by atoms with Crippen LogP contribution in [0.4, 0.5) is 0 Å². The van der Waals surface area contributed by atoms with Crippen LogP contribution in [0.3, 0.4) is 0 Å². The molecule has 0 aromatic rings. The lowest BCUT2D eigenvalue weighted by atomic mass is 9.46. The van der Waals surface area contributed by atoms with Crippen LogP contribution >= 0.6 is 0 Å². The molecule has 1 aliphatic heterocycles. The van der Waals surface area contributed by atoms with E-state index in [1.807, 2.05) is 19.9 Å². The van der Waals surface area contributed by atoms with Crippen LogP contribution in [0, 0.1) is 22.7 Å². The van der Waals surface area contributed by atoms with Gasteiger partial charge in [0.1, 0.15) is 5.76 Å². The molecule has 1 N–H and O–H groups in total. The van der Waals surface area contributed by atoms with Crippen LogP contribution in [-0.2, 0) is 14.3 Å². The molecule has 4 aliphatic rings. The molecule has 4 rings (SSSR count). The molecule has 1 saturated heterocycles. The highest BCUT2D eigenvalue weighted by Crippen LogP contribution is 2.63. The summed E-state index contributed by atoms with van der Waals surface area (Å²) >= 11 is 0. The zero-order valence-electron chi connectivity index (χ0n) is 19.0. The van der Waals surface area contributed by atoms with Crippen LogP contribution in [0.2, 0.25) is 0 Å². The Bertz CT molecular complexity index is 807. The molecule has 4 heteroatoms. The Labute approximate surface area is 175 Å². The molecular weight excluding hydrogens is 362 g/mol. The fraction of sp³-hybridized carbons (Fsp3) is 0.720. The fourth-order valence-electron chi connectivity index (χ4n) is 6.64. The van der Waals surface area contributed by atoms with Crippen LogP contribution in [0.25, 0.3) is 0 Å². The minimum absolute atomic E-state index is 0.00594. The summed E-state index contributed by atoms with van der Waals surface area (Å²) < 4.78 is 11.7. The SMILES string of the molecule is C=C1CCCC2C1(C)CCC(C)C2(C)CC1=C2OC(C)(C)NC2C=C(OC)C1=O. The van der Waals surface area contributed by atoms with E-state index < -0.39 is 5.72 Å². The van der Waals surface area contributed by atoms with Crippen molar-refractivity contribution in [1.82, 2.24) is 5.32 Å². The number of ketones is 1. The van der Waals surface area contributed by atoms with E-state index in [-0.39, 0.29) is 22.7 Å².